The Morgan fingerprint density at radius 2 is 2.29 bits per heavy atom. The molecule has 0 bridgehead atoms. The molecule has 17 heavy (non-hydrogen) atoms. The number of carbonyl (C=O) groups excluding carboxylic acids is 1. The minimum Gasteiger partial charge on any atom is -0.294 e. The molecule has 0 N–H and O–H groups in total. The van der Waals surface area contributed by atoms with Crippen molar-refractivity contribution in [1.29, 1.82) is 0 Å². The Hall–Kier alpha value is -1.13. The predicted molar refractivity (Wildman–Crippen MR) is 72.9 cm³/mol. The molecule has 88 valence electrons. The van der Waals surface area contributed by atoms with Crippen LogP contribution in [0.4, 0.5) is 0 Å². The van der Waals surface area contributed by atoms with Gasteiger partial charge in [-0.3, -0.25) is 4.79 Å². The minimum absolute atomic E-state index is 0.0919. The maximum absolute atomic E-state index is 11.1. The molecular weight excluding hydrogens is 250 g/mol. The summed E-state index contributed by atoms with van der Waals surface area (Å²) in [7, 11) is 0. The van der Waals surface area contributed by atoms with Crippen molar-refractivity contribution in [3.63, 3.8) is 0 Å². The molecule has 0 aliphatic carbocycles. The molecule has 0 atom stereocenters. The van der Waals surface area contributed by atoms with Crippen molar-refractivity contribution in [1.82, 2.24) is 4.98 Å². The van der Waals surface area contributed by atoms with Gasteiger partial charge in [-0.25, -0.2) is 4.98 Å². The zero-order chi connectivity index (χ0) is 12.3. The fraction of sp³-hybridized carbons (Fsp3) is 0.231. The summed E-state index contributed by atoms with van der Waals surface area (Å²) in [6.45, 7) is 3.66. The summed E-state index contributed by atoms with van der Waals surface area (Å²) in [5.41, 5.74) is 1.26. The molecule has 2 nitrogen and oxygen atoms in total. The van der Waals surface area contributed by atoms with Crippen LogP contribution < -0.4 is 0 Å². The molecule has 0 unspecified atom stereocenters. The van der Waals surface area contributed by atoms with Crippen LogP contribution in [0, 0.1) is 6.92 Å². The van der Waals surface area contributed by atoms with Crippen molar-refractivity contribution in [2.75, 3.05) is 0 Å². The van der Waals surface area contributed by atoms with Crippen LogP contribution in [0.5, 0.6) is 0 Å². The van der Waals surface area contributed by atoms with Gasteiger partial charge in [0.1, 0.15) is 5.01 Å². The highest BCUT2D eigenvalue weighted by Gasteiger charge is 2.06. The quantitative estimate of drug-likeness (QED) is 0.618. The first kappa shape index (κ1) is 12.3. The van der Waals surface area contributed by atoms with Gasteiger partial charge >= 0.3 is 0 Å². The van der Waals surface area contributed by atoms with Crippen molar-refractivity contribution >= 4 is 28.9 Å². The van der Waals surface area contributed by atoms with E-state index in [1.54, 1.807) is 24.9 Å². The van der Waals surface area contributed by atoms with Gasteiger partial charge in [0.2, 0.25) is 0 Å². The van der Waals surface area contributed by atoms with Gasteiger partial charge in [-0.15, -0.1) is 23.1 Å². The van der Waals surface area contributed by atoms with Gasteiger partial charge < -0.3 is 0 Å². The minimum atomic E-state index is 0.0919. The number of benzene rings is 1. The van der Waals surface area contributed by atoms with E-state index in [4.69, 9.17) is 0 Å². The lowest BCUT2D eigenvalue weighted by molar-refractivity contribution is 0.102. The number of Topliss-reactive ketones (excluding diaryl/α,β-unsaturated/α-hetero) is 1. The van der Waals surface area contributed by atoms with E-state index in [1.807, 2.05) is 0 Å². The molecule has 0 radical (unpaired) electrons. The highest BCUT2D eigenvalue weighted by molar-refractivity contribution is 7.98. The Morgan fingerprint density at radius 3 is 2.94 bits per heavy atom. The molecule has 0 amide bonds. The number of ketones is 1. The summed E-state index contributed by atoms with van der Waals surface area (Å²) >= 11 is 3.23. The standard InChI is InChI=1S/C13H13NOS2/c1-9-4-3-5-11(6-9)16-8-13-14-7-12(17-13)10(2)15/h3-7H,8H2,1-2H3. The second kappa shape index (κ2) is 5.47. The first-order valence-corrected chi connectivity index (χ1v) is 7.10. The van der Waals surface area contributed by atoms with Crippen molar-refractivity contribution in [3.05, 3.63) is 45.9 Å². The normalized spacial score (nSPS) is 10.5. The molecule has 0 saturated carbocycles. The number of nitrogens with zero attached hydrogens (tertiary/aromatic N) is 1. The van der Waals surface area contributed by atoms with E-state index in [2.05, 4.69) is 36.2 Å². The van der Waals surface area contributed by atoms with Gasteiger partial charge in [0.15, 0.2) is 5.78 Å². The van der Waals surface area contributed by atoms with Crippen LogP contribution in [-0.4, -0.2) is 10.8 Å². The summed E-state index contributed by atoms with van der Waals surface area (Å²) in [5.74, 6) is 0.913. The first-order chi connectivity index (χ1) is 8.15. The molecule has 0 aliphatic heterocycles. The SMILES string of the molecule is CC(=O)c1cnc(CSc2cccc(C)c2)s1. The molecule has 0 spiro atoms. The van der Waals surface area contributed by atoms with E-state index in [9.17, 15) is 4.79 Å². The molecule has 2 aromatic rings. The summed E-state index contributed by atoms with van der Waals surface area (Å²) < 4.78 is 0. The van der Waals surface area contributed by atoms with E-state index < -0.39 is 0 Å². The summed E-state index contributed by atoms with van der Waals surface area (Å²) in [4.78, 5) is 17.4. The number of hydrogen-bond donors (Lipinski definition) is 0. The third-order valence-electron chi connectivity index (χ3n) is 2.25. The van der Waals surface area contributed by atoms with Crippen molar-refractivity contribution in [2.24, 2.45) is 0 Å². The largest absolute Gasteiger partial charge is 0.294 e. The van der Waals surface area contributed by atoms with Crippen LogP contribution in [0.1, 0.15) is 27.2 Å². The molecule has 1 aromatic carbocycles. The Morgan fingerprint density at radius 1 is 1.47 bits per heavy atom. The lowest BCUT2D eigenvalue weighted by atomic mass is 10.2. The molecular formula is C13H13NOS2. The Bertz CT molecular complexity index is 534. The second-order valence-corrected chi connectivity index (χ2v) is 5.94. The van der Waals surface area contributed by atoms with E-state index in [-0.39, 0.29) is 5.78 Å². The number of aryl methyl sites for hydroxylation is 1. The van der Waals surface area contributed by atoms with Crippen molar-refractivity contribution in [2.45, 2.75) is 24.5 Å². The van der Waals surface area contributed by atoms with E-state index in [0.29, 0.717) is 0 Å². The Balaban J connectivity index is 2.00. The fourth-order valence-electron chi connectivity index (χ4n) is 1.39. The van der Waals surface area contributed by atoms with Crippen LogP contribution in [0.15, 0.2) is 35.4 Å². The van der Waals surface area contributed by atoms with Crippen molar-refractivity contribution in [3.8, 4) is 0 Å². The van der Waals surface area contributed by atoms with Crippen molar-refractivity contribution < 1.29 is 4.79 Å². The average molecular weight is 263 g/mol. The van der Waals surface area contributed by atoms with Crippen LogP contribution in [0.2, 0.25) is 0 Å². The molecule has 4 heteroatoms. The molecule has 1 heterocycles. The van der Waals surface area contributed by atoms with E-state index >= 15 is 0 Å². The summed E-state index contributed by atoms with van der Waals surface area (Å²) in [6, 6.07) is 8.39. The van der Waals surface area contributed by atoms with Crippen LogP contribution in [-0.2, 0) is 5.75 Å². The zero-order valence-corrected chi connectivity index (χ0v) is 11.4. The number of thioether (sulfide) groups is 1. The van der Waals surface area contributed by atoms with Crippen LogP contribution in [0.3, 0.4) is 0 Å². The zero-order valence-electron chi connectivity index (χ0n) is 9.77. The van der Waals surface area contributed by atoms with E-state index in [0.717, 1.165) is 15.6 Å². The molecule has 0 saturated heterocycles. The smallest absolute Gasteiger partial charge is 0.171 e. The summed E-state index contributed by atoms with van der Waals surface area (Å²) in [6.07, 6.45) is 1.67. The van der Waals surface area contributed by atoms with Crippen LogP contribution in [0.25, 0.3) is 0 Å². The van der Waals surface area contributed by atoms with E-state index in [1.165, 1.54) is 21.8 Å². The Labute approximate surface area is 109 Å². The number of rotatable bonds is 4. The highest BCUT2D eigenvalue weighted by atomic mass is 32.2. The van der Waals surface area contributed by atoms with Gasteiger partial charge in [-0.2, -0.15) is 0 Å². The molecule has 0 aliphatic rings. The number of hydrogen-bond acceptors (Lipinski definition) is 4. The third kappa shape index (κ3) is 3.41. The molecule has 1 aromatic heterocycles. The predicted octanol–water partition coefficient (Wildman–Crippen LogP) is 3.95. The maximum Gasteiger partial charge on any atom is 0.171 e. The topological polar surface area (TPSA) is 30.0 Å². The Kier molecular flexibility index (Phi) is 3.97. The third-order valence-corrected chi connectivity index (χ3v) is 4.54. The van der Waals surface area contributed by atoms with Crippen LogP contribution >= 0.6 is 23.1 Å². The molecule has 0 fully saturated rings. The number of aromatic nitrogens is 1. The highest BCUT2D eigenvalue weighted by Crippen LogP contribution is 2.25. The van der Waals surface area contributed by atoms with Gasteiger partial charge in [0.25, 0.3) is 0 Å². The first-order valence-electron chi connectivity index (χ1n) is 5.30. The number of carbonyl (C=O) groups is 1. The molecule has 2 rings (SSSR count). The average Bonchev–Trinajstić information content (AvgIpc) is 2.75. The number of thiazole rings is 1. The summed E-state index contributed by atoms with van der Waals surface area (Å²) in [5, 5.41) is 1.00. The van der Waals surface area contributed by atoms with Gasteiger partial charge in [0.05, 0.1) is 10.6 Å². The lowest BCUT2D eigenvalue weighted by Crippen LogP contribution is -1.83. The van der Waals surface area contributed by atoms with Gasteiger partial charge in [0, 0.05) is 18.0 Å². The fourth-order valence-corrected chi connectivity index (χ4v) is 3.22. The monoisotopic (exact) mass is 263 g/mol. The second-order valence-electron chi connectivity index (χ2n) is 3.78. The maximum atomic E-state index is 11.1. The van der Waals surface area contributed by atoms with Gasteiger partial charge in [-0.05, 0) is 19.1 Å². The van der Waals surface area contributed by atoms with Gasteiger partial charge in [-0.1, -0.05) is 17.7 Å². The lowest BCUT2D eigenvalue weighted by Gasteiger charge is -2.00.